The van der Waals surface area contributed by atoms with Gasteiger partial charge in [0.25, 0.3) is 0 Å². The number of hydrogen-bond acceptors (Lipinski definition) is 1. The van der Waals surface area contributed by atoms with Gasteiger partial charge >= 0.3 is 0 Å². The van der Waals surface area contributed by atoms with E-state index in [-0.39, 0.29) is 10.8 Å². The second kappa shape index (κ2) is 4.36. The number of hydrogen-bond donors (Lipinski definition) is 0. The molecule has 0 N–H and O–H groups in total. The summed E-state index contributed by atoms with van der Waals surface area (Å²) in [4.78, 5) is 5.24. The summed E-state index contributed by atoms with van der Waals surface area (Å²) in [6.45, 7) is 19.2. The Bertz CT molecular complexity index is 566. The van der Waals surface area contributed by atoms with Crippen LogP contribution in [-0.4, -0.2) is 4.98 Å². The van der Waals surface area contributed by atoms with E-state index in [9.17, 15) is 0 Å². The molecule has 1 nitrogen and oxygen atoms in total. The van der Waals surface area contributed by atoms with Gasteiger partial charge in [-0.2, -0.15) is 0 Å². The fourth-order valence-electron chi connectivity index (χ4n) is 5.65. The summed E-state index contributed by atoms with van der Waals surface area (Å²) in [5.74, 6) is 0. The normalized spacial score (nSPS) is 26.9. The lowest BCUT2D eigenvalue weighted by molar-refractivity contribution is 0.213. The highest BCUT2D eigenvalue weighted by Crippen LogP contribution is 2.50. The van der Waals surface area contributed by atoms with Gasteiger partial charge in [0, 0.05) is 11.4 Å². The zero-order chi connectivity index (χ0) is 16.6. The van der Waals surface area contributed by atoms with Crippen molar-refractivity contribution in [2.45, 2.75) is 91.9 Å². The molecule has 0 saturated heterocycles. The van der Waals surface area contributed by atoms with Gasteiger partial charge in [0.1, 0.15) is 0 Å². The van der Waals surface area contributed by atoms with Crippen molar-refractivity contribution in [2.75, 3.05) is 0 Å². The summed E-state index contributed by atoms with van der Waals surface area (Å²) in [7, 11) is 0. The van der Waals surface area contributed by atoms with Gasteiger partial charge in [-0.3, -0.25) is 4.98 Å². The molecule has 22 heavy (non-hydrogen) atoms. The van der Waals surface area contributed by atoms with Crippen molar-refractivity contribution in [3.05, 3.63) is 28.6 Å². The van der Waals surface area contributed by atoms with Gasteiger partial charge in [0.05, 0.1) is 0 Å². The van der Waals surface area contributed by atoms with Crippen molar-refractivity contribution in [3.63, 3.8) is 0 Å². The Balaban J connectivity index is 2.19. The zero-order valence-corrected chi connectivity index (χ0v) is 15.9. The predicted molar refractivity (Wildman–Crippen MR) is 94.5 cm³/mol. The highest BCUT2D eigenvalue weighted by atomic mass is 14.8. The van der Waals surface area contributed by atoms with Gasteiger partial charge in [-0.05, 0) is 58.5 Å². The molecule has 0 unspecified atom stereocenters. The van der Waals surface area contributed by atoms with Crippen LogP contribution in [0.1, 0.15) is 90.7 Å². The van der Waals surface area contributed by atoms with Crippen molar-refractivity contribution in [3.8, 4) is 0 Å². The molecule has 2 aliphatic carbocycles. The molecule has 2 aliphatic rings. The summed E-state index contributed by atoms with van der Waals surface area (Å²) in [6, 6.07) is 2.53. The molecule has 0 spiro atoms. The summed E-state index contributed by atoms with van der Waals surface area (Å²) >= 11 is 0. The van der Waals surface area contributed by atoms with Crippen LogP contribution in [0.15, 0.2) is 6.07 Å². The van der Waals surface area contributed by atoms with Gasteiger partial charge in [0.15, 0.2) is 0 Å². The van der Waals surface area contributed by atoms with Gasteiger partial charge in [-0.15, -0.1) is 0 Å². The standard InChI is InChI=1S/C21H33N/c1-18(2)10-16-14(20(5,6)12-18)9-15-17(22-16)11-19(3,4)13-21(15,7)8/h9H,10-13H2,1-8H3. The molecule has 0 aliphatic heterocycles. The average molecular weight is 300 g/mol. The maximum Gasteiger partial charge on any atom is 0.0449 e. The van der Waals surface area contributed by atoms with Crippen LogP contribution in [0.4, 0.5) is 0 Å². The van der Waals surface area contributed by atoms with Crippen molar-refractivity contribution in [2.24, 2.45) is 10.8 Å². The lowest BCUT2D eigenvalue weighted by atomic mass is 9.60. The highest BCUT2D eigenvalue weighted by molar-refractivity contribution is 5.43. The molecule has 0 radical (unpaired) electrons. The van der Waals surface area contributed by atoms with Crippen molar-refractivity contribution >= 4 is 0 Å². The third kappa shape index (κ3) is 2.61. The second-order valence-electron chi connectivity index (χ2n) is 10.8. The van der Waals surface area contributed by atoms with Crippen LogP contribution in [0.25, 0.3) is 0 Å². The molecular weight excluding hydrogens is 266 g/mol. The van der Waals surface area contributed by atoms with E-state index in [1.807, 2.05) is 0 Å². The molecule has 0 saturated carbocycles. The van der Waals surface area contributed by atoms with E-state index in [4.69, 9.17) is 4.98 Å². The molecule has 122 valence electrons. The van der Waals surface area contributed by atoms with Crippen LogP contribution < -0.4 is 0 Å². The topological polar surface area (TPSA) is 12.9 Å². The van der Waals surface area contributed by atoms with Gasteiger partial charge in [0.2, 0.25) is 0 Å². The lowest BCUT2D eigenvalue weighted by Gasteiger charge is -2.46. The molecule has 0 atom stereocenters. The summed E-state index contributed by atoms with van der Waals surface area (Å²) in [5.41, 5.74) is 6.96. The minimum Gasteiger partial charge on any atom is -0.257 e. The molecule has 0 aromatic carbocycles. The Morgan fingerprint density at radius 1 is 0.682 bits per heavy atom. The smallest absolute Gasteiger partial charge is 0.0449 e. The van der Waals surface area contributed by atoms with E-state index < -0.39 is 0 Å². The molecular formula is C21H33N. The second-order valence-corrected chi connectivity index (χ2v) is 10.8. The molecule has 1 heteroatoms. The monoisotopic (exact) mass is 299 g/mol. The predicted octanol–water partition coefficient (Wildman–Crippen LogP) is 5.58. The summed E-state index contributed by atoms with van der Waals surface area (Å²) < 4.78 is 0. The van der Waals surface area contributed by atoms with Crippen LogP contribution >= 0.6 is 0 Å². The van der Waals surface area contributed by atoms with Crippen LogP contribution in [-0.2, 0) is 23.7 Å². The molecule has 0 fully saturated rings. The Hall–Kier alpha value is -0.850. The van der Waals surface area contributed by atoms with Crippen molar-refractivity contribution in [1.29, 1.82) is 0 Å². The maximum atomic E-state index is 5.24. The lowest BCUT2D eigenvalue weighted by Crippen LogP contribution is -2.39. The molecule has 3 rings (SSSR count). The first-order valence-electron chi connectivity index (χ1n) is 8.85. The van der Waals surface area contributed by atoms with Crippen LogP contribution in [0.2, 0.25) is 0 Å². The van der Waals surface area contributed by atoms with Gasteiger partial charge in [-0.1, -0.05) is 61.5 Å². The minimum absolute atomic E-state index is 0.238. The maximum absolute atomic E-state index is 5.24. The van der Waals surface area contributed by atoms with Crippen LogP contribution in [0.3, 0.4) is 0 Å². The van der Waals surface area contributed by atoms with Gasteiger partial charge < -0.3 is 0 Å². The number of rotatable bonds is 0. The quantitative estimate of drug-likeness (QED) is 0.609. The molecule has 0 bridgehead atoms. The Kier molecular flexibility index (Phi) is 3.18. The van der Waals surface area contributed by atoms with E-state index in [0.717, 1.165) is 12.8 Å². The first-order chi connectivity index (χ1) is 9.81. The molecule has 0 amide bonds. The number of pyridine rings is 1. The van der Waals surface area contributed by atoms with E-state index in [1.54, 1.807) is 0 Å². The number of nitrogens with zero attached hydrogens (tertiary/aromatic N) is 1. The van der Waals surface area contributed by atoms with Crippen LogP contribution in [0, 0.1) is 10.8 Å². The van der Waals surface area contributed by atoms with E-state index in [1.165, 1.54) is 35.4 Å². The average Bonchev–Trinajstić information content (AvgIpc) is 2.20. The first kappa shape index (κ1) is 16.0. The van der Waals surface area contributed by atoms with Crippen molar-refractivity contribution in [1.82, 2.24) is 4.98 Å². The van der Waals surface area contributed by atoms with E-state index in [0.29, 0.717) is 10.8 Å². The van der Waals surface area contributed by atoms with E-state index >= 15 is 0 Å². The summed E-state index contributed by atoms with van der Waals surface area (Å²) in [5, 5.41) is 0. The highest BCUT2D eigenvalue weighted by Gasteiger charge is 2.43. The Morgan fingerprint density at radius 2 is 1.05 bits per heavy atom. The fraction of sp³-hybridized carbons (Fsp3) is 0.762. The summed E-state index contributed by atoms with van der Waals surface area (Å²) in [6.07, 6.45) is 4.75. The largest absolute Gasteiger partial charge is 0.257 e. The van der Waals surface area contributed by atoms with E-state index in [2.05, 4.69) is 61.5 Å². The van der Waals surface area contributed by atoms with Gasteiger partial charge in [-0.25, -0.2) is 0 Å². The molecule has 1 aromatic rings. The van der Waals surface area contributed by atoms with Crippen molar-refractivity contribution < 1.29 is 0 Å². The molecule has 1 aromatic heterocycles. The Labute approximate surface area is 136 Å². The fourth-order valence-corrected chi connectivity index (χ4v) is 5.65. The third-order valence-electron chi connectivity index (χ3n) is 5.77. The number of aromatic nitrogens is 1. The Morgan fingerprint density at radius 3 is 1.41 bits per heavy atom. The first-order valence-corrected chi connectivity index (χ1v) is 8.85. The van der Waals surface area contributed by atoms with Crippen LogP contribution in [0.5, 0.6) is 0 Å². The SMILES string of the molecule is CC1(C)Cc2nc3c(cc2C(C)(C)C1)C(C)(C)CC(C)(C)C3. The molecule has 1 heterocycles. The zero-order valence-electron chi connectivity index (χ0n) is 15.9. The number of fused-ring (bicyclic) bond motifs is 2. The minimum atomic E-state index is 0.238. The third-order valence-corrected chi connectivity index (χ3v) is 5.77.